The van der Waals surface area contributed by atoms with E-state index in [4.69, 9.17) is 4.42 Å². The highest BCUT2D eigenvalue weighted by atomic mass is 16.3. The van der Waals surface area contributed by atoms with Crippen molar-refractivity contribution in [1.82, 2.24) is 19.7 Å². The molecule has 1 N–H and O–H groups in total. The monoisotopic (exact) mass is 508 g/mol. The lowest BCUT2D eigenvalue weighted by molar-refractivity contribution is -0.133. The van der Waals surface area contributed by atoms with Crippen LogP contribution in [0.3, 0.4) is 0 Å². The van der Waals surface area contributed by atoms with Crippen LogP contribution < -0.4 is 5.32 Å². The number of carbonyl (C=O) groups excluding carboxylic acids is 2. The van der Waals surface area contributed by atoms with Gasteiger partial charge in [0.2, 0.25) is 5.91 Å². The summed E-state index contributed by atoms with van der Waals surface area (Å²) in [6, 6.07) is 7.77. The van der Waals surface area contributed by atoms with Gasteiger partial charge in [0.05, 0.1) is 18.5 Å². The SMILES string of the molecule is C[C@@H]1C[C@H](C)CN(CCCN2C(=O)c3ccc(-c4ccco4)n3C[C@@]2(C)C(=O)NC2CCCCCC2)C1. The minimum atomic E-state index is -0.959. The van der Waals surface area contributed by atoms with Crippen LogP contribution in [0.15, 0.2) is 34.9 Å². The van der Waals surface area contributed by atoms with E-state index in [1.54, 1.807) is 6.26 Å². The summed E-state index contributed by atoms with van der Waals surface area (Å²) in [6.07, 6.45) is 10.6. The van der Waals surface area contributed by atoms with Crippen LogP contribution >= 0.6 is 0 Å². The third-order valence-electron chi connectivity index (χ3n) is 8.76. The van der Waals surface area contributed by atoms with E-state index >= 15 is 0 Å². The fourth-order valence-corrected chi connectivity index (χ4v) is 6.95. The largest absolute Gasteiger partial charge is 0.463 e. The van der Waals surface area contributed by atoms with Crippen molar-refractivity contribution in [2.24, 2.45) is 11.8 Å². The molecule has 202 valence electrons. The molecule has 0 spiro atoms. The van der Waals surface area contributed by atoms with E-state index < -0.39 is 5.54 Å². The van der Waals surface area contributed by atoms with Gasteiger partial charge in [0.1, 0.15) is 17.0 Å². The maximum absolute atomic E-state index is 14.0. The van der Waals surface area contributed by atoms with Gasteiger partial charge in [0.25, 0.3) is 5.91 Å². The van der Waals surface area contributed by atoms with E-state index in [1.165, 1.54) is 19.3 Å². The molecule has 2 aliphatic heterocycles. The van der Waals surface area contributed by atoms with Crippen LogP contribution in [0, 0.1) is 11.8 Å². The van der Waals surface area contributed by atoms with Crippen LogP contribution in [0.2, 0.25) is 0 Å². The molecule has 1 saturated carbocycles. The highest BCUT2D eigenvalue weighted by molar-refractivity contribution is 6.00. The summed E-state index contributed by atoms with van der Waals surface area (Å²) in [5, 5.41) is 3.37. The number of rotatable bonds is 7. The van der Waals surface area contributed by atoms with E-state index in [9.17, 15) is 9.59 Å². The van der Waals surface area contributed by atoms with E-state index in [-0.39, 0.29) is 17.9 Å². The van der Waals surface area contributed by atoms with Gasteiger partial charge >= 0.3 is 0 Å². The quantitative estimate of drug-likeness (QED) is 0.524. The van der Waals surface area contributed by atoms with Crippen molar-refractivity contribution in [2.45, 2.75) is 90.3 Å². The molecule has 2 aromatic heterocycles. The molecule has 7 nitrogen and oxygen atoms in total. The van der Waals surface area contributed by atoms with Crippen LogP contribution in [0.25, 0.3) is 11.5 Å². The molecule has 1 saturated heterocycles. The number of nitrogens with zero attached hydrogens (tertiary/aromatic N) is 3. The minimum Gasteiger partial charge on any atom is -0.463 e. The third-order valence-corrected chi connectivity index (χ3v) is 8.76. The molecule has 7 heteroatoms. The molecule has 2 amide bonds. The zero-order chi connectivity index (χ0) is 26.0. The number of piperidine rings is 1. The van der Waals surface area contributed by atoms with Crippen LogP contribution in [0.4, 0.5) is 0 Å². The van der Waals surface area contributed by atoms with E-state index in [2.05, 4.69) is 24.1 Å². The van der Waals surface area contributed by atoms with Gasteiger partial charge in [0, 0.05) is 25.7 Å². The Kier molecular flexibility index (Phi) is 7.80. The van der Waals surface area contributed by atoms with Crippen molar-refractivity contribution in [3.05, 3.63) is 36.2 Å². The Morgan fingerprint density at radius 2 is 1.73 bits per heavy atom. The summed E-state index contributed by atoms with van der Waals surface area (Å²) in [7, 11) is 0. The lowest BCUT2D eigenvalue weighted by atomic mass is 9.91. The van der Waals surface area contributed by atoms with Crippen LogP contribution in [0.1, 0.15) is 82.6 Å². The lowest BCUT2D eigenvalue weighted by Gasteiger charge is -2.45. The first-order valence-electron chi connectivity index (χ1n) is 14.4. The molecule has 2 aromatic rings. The van der Waals surface area contributed by atoms with Crippen molar-refractivity contribution < 1.29 is 14.0 Å². The summed E-state index contributed by atoms with van der Waals surface area (Å²) < 4.78 is 7.65. The molecule has 3 aliphatic rings. The maximum atomic E-state index is 14.0. The van der Waals surface area contributed by atoms with Gasteiger partial charge in [0.15, 0.2) is 0 Å². The molecule has 37 heavy (non-hydrogen) atoms. The van der Waals surface area contributed by atoms with Crippen molar-refractivity contribution in [1.29, 1.82) is 0 Å². The van der Waals surface area contributed by atoms with Gasteiger partial charge in [-0.15, -0.1) is 0 Å². The molecular weight excluding hydrogens is 464 g/mol. The van der Waals surface area contributed by atoms with Crippen LogP contribution in [-0.2, 0) is 11.3 Å². The average molecular weight is 509 g/mol. The zero-order valence-electron chi connectivity index (χ0n) is 22.9. The first kappa shape index (κ1) is 26.1. The second-order valence-corrected chi connectivity index (χ2v) is 12.1. The molecule has 0 aromatic carbocycles. The molecular formula is C30H44N4O3. The second-order valence-electron chi connectivity index (χ2n) is 12.1. The Morgan fingerprint density at radius 1 is 1.03 bits per heavy atom. The zero-order valence-corrected chi connectivity index (χ0v) is 22.9. The fourth-order valence-electron chi connectivity index (χ4n) is 6.95. The third kappa shape index (κ3) is 5.52. The van der Waals surface area contributed by atoms with E-state index in [1.807, 2.05) is 40.7 Å². The van der Waals surface area contributed by atoms with Gasteiger partial charge < -0.3 is 24.1 Å². The van der Waals surface area contributed by atoms with Gasteiger partial charge in [-0.05, 0) is 75.3 Å². The number of amides is 2. The number of fused-ring (bicyclic) bond motifs is 1. The lowest BCUT2D eigenvalue weighted by Crippen LogP contribution is -2.65. The molecule has 1 aliphatic carbocycles. The maximum Gasteiger partial charge on any atom is 0.271 e. The summed E-state index contributed by atoms with van der Waals surface area (Å²) in [5.41, 5.74) is 0.517. The van der Waals surface area contributed by atoms with E-state index in [0.29, 0.717) is 36.4 Å². The van der Waals surface area contributed by atoms with Gasteiger partial charge in [-0.25, -0.2) is 0 Å². The minimum absolute atomic E-state index is 0.0299. The Bertz CT molecular complexity index is 1060. The highest BCUT2D eigenvalue weighted by Gasteiger charge is 2.48. The first-order valence-corrected chi connectivity index (χ1v) is 14.4. The van der Waals surface area contributed by atoms with Gasteiger partial charge in [-0.1, -0.05) is 39.5 Å². The van der Waals surface area contributed by atoms with Crippen molar-refractivity contribution in [2.75, 3.05) is 26.2 Å². The summed E-state index contributed by atoms with van der Waals surface area (Å²) in [5.74, 6) is 2.03. The molecule has 0 radical (unpaired) electrons. The van der Waals surface area contributed by atoms with Crippen molar-refractivity contribution >= 4 is 11.8 Å². The number of hydrogen-bond acceptors (Lipinski definition) is 4. The molecule has 3 atom stereocenters. The second kappa shape index (κ2) is 11.1. The fraction of sp³-hybridized carbons (Fsp3) is 0.667. The Labute approximate surface area is 221 Å². The molecule has 5 rings (SSSR count). The normalized spacial score (nSPS) is 27.6. The number of likely N-dealkylation sites (tertiary alicyclic amines) is 1. The average Bonchev–Trinajstić information content (AvgIpc) is 3.45. The number of furan rings is 1. The van der Waals surface area contributed by atoms with Crippen molar-refractivity contribution in [3.63, 3.8) is 0 Å². The van der Waals surface area contributed by atoms with Gasteiger partial charge in [-0.2, -0.15) is 0 Å². The van der Waals surface area contributed by atoms with E-state index in [0.717, 1.165) is 57.4 Å². The van der Waals surface area contributed by atoms with Crippen LogP contribution in [0.5, 0.6) is 0 Å². The Hall–Kier alpha value is -2.54. The topological polar surface area (TPSA) is 70.7 Å². The number of hydrogen-bond donors (Lipinski definition) is 1. The van der Waals surface area contributed by atoms with Crippen molar-refractivity contribution in [3.8, 4) is 11.5 Å². The summed E-state index contributed by atoms with van der Waals surface area (Å²) in [6.45, 7) is 10.8. The standard InChI is InChI=1S/C30H44N4O3/c1-22-18-23(2)20-32(19-22)15-9-16-34-28(35)26-14-13-25(27-12-8-17-37-27)33(26)21-30(34,3)29(36)31-24-10-6-4-5-7-11-24/h8,12-14,17,22-24H,4-7,9-11,15-16,18-21H2,1-3H3,(H,31,36)/t22-,23+,30-/m0/s1. The summed E-state index contributed by atoms with van der Waals surface area (Å²) in [4.78, 5) is 32.3. The molecule has 2 fully saturated rings. The highest BCUT2D eigenvalue weighted by Crippen LogP contribution is 2.34. The predicted octanol–water partition coefficient (Wildman–Crippen LogP) is 5.17. The Morgan fingerprint density at radius 3 is 2.41 bits per heavy atom. The first-order chi connectivity index (χ1) is 17.8. The predicted molar refractivity (Wildman–Crippen MR) is 145 cm³/mol. The molecule has 4 heterocycles. The smallest absolute Gasteiger partial charge is 0.271 e. The molecule has 0 unspecified atom stereocenters. The number of nitrogens with one attached hydrogen (secondary N) is 1. The molecule has 0 bridgehead atoms. The summed E-state index contributed by atoms with van der Waals surface area (Å²) >= 11 is 0. The number of aromatic nitrogens is 1. The number of carbonyl (C=O) groups is 2. The Balaban J connectivity index is 1.38. The van der Waals surface area contributed by atoms with Gasteiger partial charge in [-0.3, -0.25) is 9.59 Å². The van der Waals surface area contributed by atoms with Crippen LogP contribution in [-0.4, -0.2) is 63.9 Å².